The Balaban J connectivity index is 1.79. The maximum atomic E-state index is 11.8. The number of hydrogen-bond acceptors (Lipinski definition) is 2. The van der Waals surface area contributed by atoms with Crippen molar-refractivity contribution in [2.24, 2.45) is 5.92 Å². The summed E-state index contributed by atoms with van der Waals surface area (Å²) in [6, 6.07) is 4.27. The highest BCUT2D eigenvalue weighted by Crippen LogP contribution is 2.26. The highest BCUT2D eigenvalue weighted by molar-refractivity contribution is 5.94. The summed E-state index contributed by atoms with van der Waals surface area (Å²) in [6.45, 7) is 0. The van der Waals surface area contributed by atoms with E-state index in [0.29, 0.717) is 17.9 Å². The number of carbonyl (C=O) groups excluding carboxylic acids is 1. The molecule has 1 aliphatic rings. The fourth-order valence-electron chi connectivity index (χ4n) is 2.37. The summed E-state index contributed by atoms with van der Waals surface area (Å²) in [5.74, 6) is 0.524. The lowest BCUT2D eigenvalue weighted by molar-refractivity contribution is 0.0922. The highest BCUT2D eigenvalue weighted by atomic mass is 16.1. The van der Waals surface area contributed by atoms with E-state index in [1.807, 2.05) is 0 Å². The van der Waals surface area contributed by atoms with Gasteiger partial charge in [0.1, 0.15) is 0 Å². The normalized spacial score (nSPS) is 23.9. The van der Waals surface area contributed by atoms with Crippen LogP contribution in [-0.2, 0) is 0 Å². The molecule has 0 saturated heterocycles. The lowest BCUT2D eigenvalue weighted by Crippen LogP contribution is -2.37. The van der Waals surface area contributed by atoms with Crippen molar-refractivity contribution >= 4 is 5.91 Å². The number of nitriles is 1. The molecule has 0 spiro atoms. The first-order valence-electron chi connectivity index (χ1n) is 6.10. The van der Waals surface area contributed by atoms with E-state index in [0.717, 1.165) is 25.7 Å². The summed E-state index contributed by atoms with van der Waals surface area (Å²) in [6.07, 6.45) is 8.18. The van der Waals surface area contributed by atoms with E-state index in [2.05, 4.69) is 16.4 Å². The van der Waals surface area contributed by atoms with Crippen LogP contribution in [0.1, 0.15) is 42.5 Å². The minimum Gasteiger partial charge on any atom is -0.367 e. The van der Waals surface area contributed by atoms with E-state index in [-0.39, 0.29) is 11.9 Å². The van der Waals surface area contributed by atoms with Gasteiger partial charge in [-0.1, -0.05) is 0 Å². The van der Waals surface area contributed by atoms with E-state index in [4.69, 9.17) is 5.26 Å². The zero-order valence-corrected chi connectivity index (χ0v) is 9.78. The molecule has 1 fully saturated rings. The van der Waals surface area contributed by atoms with Gasteiger partial charge in [0.2, 0.25) is 0 Å². The van der Waals surface area contributed by atoms with E-state index >= 15 is 0 Å². The van der Waals surface area contributed by atoms with Gasteiger partial charge in [-0.3, -0.25) is 4.79 Å². The SMILES string of the molecule is N#CCC1CCC(NC(=O)c2cc[nH]c2)CC1. The summed E-state index contributed by atoms with van der Waals surface area (Å²) in [5, 5.41) is 11.7. The maximum Gasteiger partial charge on any atom is 0.253 e. The summed E-state index contributed by atoms with van der Waals surface area (Å²) >= 11 is 0. The van der Waals surface area contributed by atoms with Crippen LogP contribution in [0, 0.1) is 17.2 Å². The summed E-state index contributed by atoms with van der Waals surface area (Å²) in [5.41, 5.74) is 0.684. The van der Waals surface area contributed by atoms with Crippen molar-refractivity contribution in [1.82, 2.24) is 10.3 Å². The van der Waals surface area contributed by atoms with Gasteiger partial charge in [-0.05, 0) is 37.7 Å². The van der Waals surface area contributed by atoms with Gasteiger partial charge in [0.05, 0.1) is 11.6 Å². The Labute approximate surface area is 101 Å². The zero-order chi connectivity index (χ0) is 12.1. The van der Waals surface area contributed by atoms with Crippen LogP contribution in [-0.4, -0.2) is 16.9 Å². The van der Waals surface area contributed by atoms with Crippen LogP contribution in [0.2, 0.25) is 0 Å². The molecule has 1 amide bonds. The zero-order valence-electron chi connectivity index (χ0n) is 9.78. The van der Waals surface area contributed by atoms with E-state index in [1.165, 1.54) is 0 Å². The fourth-order valence-corrected chi connectivity index (χ4v) is 2.37. The largest absolute Gasteiger partial charge is 0.367 e. The molecule has 0 radical (unpaired) electrons. The standard InChI is InChI=1S/C13H17N3O/c14-7-5-10-1-3-12(4-2-10)16-13(17)11-6-8-15-9-11/h6,8-10,12,15H,1-5H2,(H,16,17). The van der Waals surface area contributed by atoms with E-state index < -0.39 is 0 Å². The third-order valence-electron chi connectivity index (χ3n) is 3.42. The predicted molar refractivity (Wildman–Crippen MR) is 64.2 cm³/mol. The van der Waals surface area contributed by atoms with Crippen molar-refractivity contribution in [2.45, 2.75) is 38.1 Å². The second kappa shape index (κ2) is 5.53. The summed E-state index contributed by atoms with van der Waals surface area (Å²) < 4.78 is 0. The lowest BCUT2D eigenvalue weighted by atomic mass is 9.84. The molecular weight excluding hydrogens is 214 g/mol. The van der Waals surface area contributed by atoms with Gasteiger partial charge in [-0.2, -0.15) is 5.26 Å². The Hall–Kier alpha value is -1.76. The van der Waals surface area contributed by atoms with Crippen molar-refractivity contribution in [3.63, 3.8) is 0 Å². The topological polar surface area (TPSA) is 68.7 Å². The number of H-pyrrole nitrogens is 1. The minimum absolute atomic E-state index is 0.00465. The van der Waals surface area contributed by atoms with Crippen LogP contribution >= 0.6 is 0 Å². The quantitative estimate of drug-likeness (QED) is 0.837. The van der Waals surface area contributed by atoms with Crippen LogP contribution in [0.3, 0.4) is 0 Å². The van der Waals surface area contributed by atoms with Gasteiger partial charge < -0.3 is 10.3 Å². The van der Waals surface area contributed by atoms with Crippen molar-refractivity contribution < 1.29 is 4.79 Å². The molecule has 1 saturated carbocycles. The molecule has 0 bridgehead atoms. The number of hydrogen-bond donors (Lipinski definition) is 2. The minimum atomic E-state index is -0.00465. The first-order valence-corrected chi connectivity index (χ1v) is 6.10. The third kappa shape index (κ3) is 3.10. The van der Waals surface area contributed by atoms with E-state index in [9.17, 15) is 4.79 Å². The number of aromatic amines is 1. The highest BCUT2D eigenvalue weighted by Gasteiger charge is 2.22. The number of nitrogens with one attached hydrogen (secondary N) is 2. The second-order valence-corrected chi connectivity index (χ2v) is 4.65. The molecule has 4 nitrogen and oxygen atoms in total. The van der Waals surface area contributed by atoms with Crippen molar-refractivity contribution in [3.8, 4) is 6.07 Å². The molecule has 90 valence electrons. The first kappa shape index (κ1) is 11.7. The third-order valence-corrected chi connectivity index (χ3v) is 3.42. The smallest absolute Gasteiger partial charge is 0.253 e. The Morgan fingerprint density at radius 1 is 1.47 bits per heavy atom. The van der Waals surface area contributed by atoms with Crippen molar-refractivity contribution in [1.29, 1.82) is 5.26 Å². The second-order valence-electron chi connectivity index (χ2n) is 4.65. The van der Waals surface area contributed by atoms with Crippen LogP contribution < -0.4 is 5.32 Å². The first-order chi connectivity index (χ1) is 8.29. The van der Waals surface area contributed by atoms with Gasteiger partial charge in [0, 0.05) is 24.9 Å². The van der Waals surface area contributed by atoms with Crippen LogP contribution in [0.4, 0.5) is 0 Å². The summed E-state index contributed by atoms with van der Waals surface area (Å²) in [4.78, 5) is 14.7. The maximum absolute atomic E-state index is 11.8. The average molecular weight is 231 g/mol. The molecule has 0 aliphatic heterocycles. The Morgan fingerprint density at radius 3 is 2.82 bits per heavy atom. The fraction of sp³-hybridized carbons (Fsp3) is 0.538. The molecule has 0 aromatic carbocycles. The molecule has 2 rings (SSSR count). The number of rotatable bonds is 3. The predicted octanol–water partition coefficient (Wildman–Crippen LogP) is 2.22. The molecule has 4 heteroatoms. The van der Waals surface area contributed by atoms with Crippen LogP contribution in [0.5, 0.6) is 0 Å². The molecule has 17 heavy (non-hydrogen) atoms. The molecular formula is C13H17N3O. The van der Waals surface area contributed by atoms with Gasteiger partial charge in [-0.25, -0.2) is 0 Å². The van der Waals surface area contributed by atoms with Crippen LogP contribution in [0.25, 0.3) is 0 Å². The molecule has 1 aromatic rings. The van der Waals surface area contributed by atoms with Crippen LogP contribution in [0.15, 0.2) is 18.5 Å². The van der Waals surface area contributed by atoms with Crippen molar-refractivity contribution in [2.75, 3.05) is 0 Å². The van der Waals surface area contributed by atoms with Gasteiger partial charge >= 0.3 is 0 Å². The number of aromatic nitrogens is 1. The molecule has 2 N–H and O–H groups in total. The van der Waals surface area contributed by atoms with Gasteiger partial charge in [0.15, 0.2) is 0 Å². The average Bonchev–Trinajstić information content (AvgIpc) is 2.86. The summed E-state index contributed by atoms with van der Waals surface area (Å²) in [7, 11) is 0. The van der Waals surface area contributed by atoms with E-state index in [1.54, 1.807) is 18.5 Å². The molecule has 0 unspecified atom stereocenters. The monoisotopic (exact) mass is 231 g/mol. The molecule has 1 aliphatic carbocycles. The molecule has 1 aromatic heterocycles. The lowest BCUT2D eigenvalue weighted by Gasteiger charge is -2.27. The van der Waals surface area contributed by atoms with Crippen molar-refractivity contribution in [3.05, 3.63) is 24.0 Å². The van der Waals surface area contributed by atoms with Gasteiger partial charge in [0.25, 0.3) is 5.91 Å². The Kier molecular flexibility index (Phi) is 3.81. The Bertz CT molecular complexity index is 397. The Morgan fingerprint density at radius 2 is 2.24 bits per heavy atom. The number of amides is 1. The molecule has 0 atom stereocenters. The molecule has 1 heterocycles. The van der Waals surface area contributed by atoms with Gasteiger partial charge in [-0.15, -0.1) is 0 Å². The number of carbonyl (C=O) groups is 1. The number of nitrogens with zero attached hydrogens (tertiary/aromatic N) is 1.